The molecule has 0 aromatic heterocycles. The predicted molar refractivity (Wildman–Crippen MR) is 96.6 cm³/mol. The second-order valence-electron chi connectivity index (χ2n) is 5.13. The Labute approximate surface area is 137 Å². The zero-order valence-corrected chi connectivity index (χ0v) is 14.0. The highest BCUT2D eigenvalue weighted by molar-refractivity contribution is 7.80. The molecule has 0 saturated carbocycles. The molecule has 4 heteroatoms. The molecule has 3 nitrogen and oxygen atoms in total. The van der Waals surface area contributed by atoms with E-state index < -0.39 is 0 Å². The van der Waals surface area contributed by atoms with E-state index in [1.165, 1.54) is 11.1 Å². The van der Waals surface area contributed by atoms with Gasteiger partial charge in [0.2, 0.25) is 0 Å². The Morgan fingerprint density at radius 3 is 2.45 bits per heavy atom. The minimum Gasteiger partial charge on any atom is -0.494 e. The van der Waals surface area contributed by atoms with Crippen molar-refractivity contribution in [1.82, 2.24) is 5.32 Å². The molecule has 0 radical (unpaired) electrons. The summed E-state index contributed by atoms with van der Waals surface area (Å²) in [4.78, 5) is 0. The molecule has 0 heterocycles. The summed E-state index contributed by atoms with van der Waals surface area (Å²) in [6, 6.07) is 16.2. The van der Waals surface area contributed by atoms with E-state index in [-0.39, 0.29) is 6.04 Å². The van der Waals surface area contributed by atoms with Gasteiger partial charge in [-0.1, -0.05) is 24.3 Å². The number of benzene rings is 2. The Hall–Kier alpha value is -2.07. The van der Waals surface area contributed by atoms with Crippen LogP contribution in [0, 0.1) is 6.92 Å². The summed E-state index contributed by atoms with van der Waals surface area (Å²) in [7, 11) is 0. The summed E-state index contributed by atoms with van der Waals surface area (Å²) < 4.78 is 5.43. The number of ether oxygens (including phenoxy) is 1. The molecule has 0 fully saturated rings. The summed E-state index contributed by atoms with van der Waals surface area (Å²) in [5, 5.41) is 7.12. The molecule has 0 aliphatic rings. The second-order valence-corrected chi connectivity index (χ2v) is 5.54. The van der Waals surface area contributed by atoms with Crippen LogP contribution in [-0.4, -0.2) is 11.7 Å². The third-order valence-corrected chi connectivity index (χ3v) is 3.65. The summed E-state index contributed by atoms with van der Waals surface area (Å²) >= 11 is 5.39. The quantitative estimate of drug-likeness (QED) is 0.799. The molecule has 1 unspecified atom stereocenters. The molecule has 1 atom stereocenters. The van der Waals surface area contributed by atoms with E-state index in [0.717, 1.165) is 11.4 Å². The molecular weight excluding hydrogens is 292 g/mol. The zero-order valence-electron chi connectivity index (χ0n) is 13.2. The van der Waals surface area contributed by atoms with Gasteiger partial charge in [0.25, 0.3) is 0 Å². The highest BCUT2D eigenvalue weighted by Gasteiger charge is 2.09. The normalized spacial score (nSPS) is 11.6. The Morgan fingerprint density at radius 2 is 1.82 bits per heavy atom. The monoisotopic (exact) mass is 314 g/mol. The van der Waals surface area contributed by atoms with Gasteiger partial charge in [-0.2, -0.15) is 0 Å². The average molecular weight is 314 g/mol. The minimum atomic E-state index is 0.156. The van der Waals surface area contributed by atoms with Crippen molar-refractivity contribution in [3.05, 3.63) is 59.7 Å². The van der Waals surface area contributed by atoms with E-state index in [9.17, 15) is 0 Å². The van der Waals surface area contributed by atoms with Crippen LogP contribution in [0.2, 0.25) is 0 Å². The lowest BCUT2D eigenvalue weighted by Gasteiger charge is -2.19. The fraction of sp³-hybridized carbons (Fsp3) is 0.278. The van der Waals surface area contributed by atoms with E-state index in [1.807, 2.05) is 43.3 Å². The number of nitrogens with one attached hydrogen (secondary N) is 2. The van der Waals surface area contributed by atoms with E-state index in [2.05, 4.69) is 36.6 Å². The number of rotatable bonds is 5. The van der Waals surface area contributed by atoms with Gasteiger partial charge in [-0.15, -0.1) is 0 Å². The topological polar surface area (TPSA) is 33.3 Å². The fourth-order valence-electron chi connectivity index (χ4n) is 2.32. The van der Waals surface area contributed by atoms with Crippen LogP contribution < -0.4 is 15.4 Å². The first-order valence-electron chi connectivity index (χ1n) is 7.46. The highest BCUT2D eigenvalue weighted by Crippen LogP contribution is 2.18. The third-order valence-electron chi connectivity index (χ3n) is 3.43. The van der Waals surface area contributed by atoms with Crippen molar-refractivity contribution in [3.8, 4) is 5.75 Å². The lowest BCUT2D eigenvalue weighted by molar-refractivity contribution is 0.340. The van der Waals surface area contributed by atoms with Crippen LogP contribution >= 0.6 is 12.2 Å². The van der Waals surface area contributed by atoms with E-state index in [4.69, 9.17) is 17.0 Å². The number of hydrogen-bond donors (Lipinski definition) is 2. The van der Waals surface area contributed by atoms with Gasteiger partial charge in [-0.05, 0) is 68.4 Å². The Balaban J connectivity index is 1.93. The first-order chi connectivity index (χ1) is 10.6. The van der Waals surface area contributed by atoms with Crippen LogP contribution in [-0.2, 0) is 0 Å². The Kier molecular flexibility index (Phi) is 5.78. The molecule has 2 N–H and O–H groups in total. The van der Waals surface area contributed by atoms with Crippen molar-refractivity contribution >= 4 is 23.0 Å². The molecule has 2 aromatic carbocycles. The fourth-order valence-corrected chi connectivity index (χ4v) is 2.61. The van der Waals surface area contributed by atoms with Crippen LogP contribution in [0.15, 0.2) is 48.5 Å². The molecule has 0 bridgehead atoms. The maximum atomic E-state index is 5.43. The SMILES string of the molecule is CCOc1ccc(NC(=S)NC(C)c2ccccc2C)cc1. The van der Waals surface area contributed by atoms with Crippen LogP contribution in [0.1, 0.15) is 31.0 Å². The van der Waals surface area contributed by atoms with E-state index in [1.54, 1.807) is 0 Å². The first-order valence-corrected chi connectivity index (χ1v) is 7.87. The van der Waals surface area contributed by atoms with Crippen LogP contribution in [0.25, 0.3) is 0 Å². The van der Waals surface area contributed by atoms with E-state index >= 15 is 0 Å². The van der Waals surface area contributed by atoms with Gasteiger partial charge in [0.15, 0.2) is 5.11 Å². The van der Waals surface area contributed by atoms with Crippen LogP contribution in [0.3, 0.4) is 0 Å². The number of thiocarbonyl (C=S) groups is 1. The van der Waals surface area contributed by atoms with Crippen molar-refractivity contribution in [2.24, 2.45) is 0 Å². The maximum absolute atomic E-state index is 5.43. The molecule has 22 heavy (non-hydrogen) atoms. The van der Waals surface area contributed by atoms with Gasteiger partial charge < -0.3 is 15.4 Å². The highest BCUT2D eigenvalue weighted by atomic mass is 32.1. The first kappa shape index (κ1) is 16.3. The summed E-state index contributed by atoms with van der Waals surface area (Å²) in [6.07, 6.45) is 0. The zero-order chi connectivity index (χ0) is 15.9. The molecule has 0 aliphatic carbocycles. The smallest absolute Gasteiger partial charge is 0.171 e. The molecule has 2 aromatic rings. The second kappa shape index (κ2) is 7.80. The van der Waals surface area contributed by atoms with Crippen molar-refractivity contribution < 1.29 is 4.74 Å². The van der Waals surface area contributed by atoms with Gasteiger partial charge in [0, 0.05) is 5.69 Å². The Bertz CT molecular complexity index is 625. The van der Waals surface area contributed by atoms with Crippen LogP contribution in [0.5, 0.6) is 5.75 Å². The molecule has 2 rings (SSSR count). The summed E-state index contributed by atoms with van der Waals surface area (Å²) in [5.41, 5.74) is 3.45. The molecule has 116 valence electrons. The molecule has 0 aliphatic heterocycles. The predicted octanol–water partition coefficient (Wildman–Crippen LogP) is 4.44. The Morgan fingerprint density at radius 1 is 1.14 bits per heavy atom. The molecule has 0 amide bonds. The van der Waals surface area contributed by atoms with Crippen molar-refractivity contribution in [3.63, 3.8) is 0 Å². The third kappa shape index (κ3) is 4.46. The number of hydrogen-bond acceptors (Lipinski definition) is 2. The lowest BCUT2D eigenvalue weighted by Crippen LogP contribution is -2.31. The lowest BCUT2D eigenvalue weighted by atomic mass is 10.0. The van der Waals surface area contributed by atoms with Crippen molar-refractivity contribution in [2.75, 3.05) is 11.9 Å². The summed E-state index contributed by atoms with van der Waals surface area (Å²) in [6.45, 7) is 6.85. The van der Waals surface area contributed by atoms with Crippen LogP contribution in [0.4, 0.5) is 5.69 Å². The molecular formula is C18H22N2OS. The average Bonchev–Trinajstić information content (AvgIpc) is 2.50. The number of aryl methyl sites for hydroxylation is 1. The summed E-state index contributed by atoms with van der Waals surface area (Å²) in [5.74, 6) is 0.861. The van der Waals surface area contributed by atoms with Gasteiger partial charge in [0.1, 0.15) is 5.75 Å². The molecule has 0 saturated heterocycles. The van der Waals surface area contributed by atoms with Crippen molar-refractivity contribution in [2.45, 2.75) is 26.8 Å². The number of anilines is 1. The minimum absolute atomic E-state index is 0.156. The van der Waals surface area contributed by atoms with Crippen molar-refractivity contribution in [1.29, 1.82) is 0 Å². The van der Waals surface area contributed by atoms with Gasteiger partial charge >= 0.3 is 0 Å². The van der Waals surface area contributed by atoms with E-state index in [0.29, 0.717) is 11.7 Å². The molecule has 0 spiro atoms. The maximum Gasteiger partial charge on any atom is 0.171 e. The van der Waals surface area contributed by atoms with Gasteiger partial charge in [0.05, 0.1) is 12.6 Å². The standard InChI is InChI=1S/C18H22N2OS/c1-4-21-16-11-9-15(10-12-16)20-18(22)19-14(3)17-8-6-5-7-13(17)2/h5-12,14H,4H2,1-3H3,(H2,19,20,22). The van der Waals surface area contributed by atoms with Gasteiger partial charge in [-0.25, -0.2) is 0 Å². The largest absolute Gasteiger partial charge is 0.494 e. The van der Waals surface area contributed by atoms with Gasteiger partial charge in [-0.3, -0.25) is 0 Å².